The van der Waals surface area contributed by atoms with E-state index >= 15 is 0 Å². The van der Waals surface area contributed by atoms with Gasteiger partial charge >= 0.3 is 6.18 Å². The van der Waals surface area contributed by atoms with E-state index in [2.05, 4.69) is 15.0 Å². The maximum Gasteiger partial charge on any atom is 0.404 e. The van der Waals surface area contributed by atoms with Crippen molar-refractivity contribution in [2.45, 2.75) is 31.0 Å². The van der Waals surface area contributed by atoms with Gasteiger partial charge in [0.2, 0.25) is 16.0 Å². The van der Waals surface area contributed by atoms with E-state index in [1.54, 1.807) is 0 Å². The van der Waals surface area contributed by atoms with Crippen molar-refractivity contribution in [3.05, 3.63) is 65.6 Å². The minimum Gasteiger partial charge on any atom is -0.275 e. The maximum atomic E-state index is 14.5. The van der Waals surface area contributed by atoms with Gasteiger partial charge in [0.05, 0.1) is 34.9 Å². The second-order valence-electron chi connectivity index (χ2n) is 7.75. The monoisotopic (exact) mass is 522 g/mol. The summed E-state index contributed by atoms with van der Waals surface area (Å²) in [6, 6.07) is 4.41. The van der Waals surface area contributed by atoms with Crippen LogP contribution in [-0.2, 0) is 10.0 Å². The fourth-order valence-electron chi connectivity index (χ4n) is 3.45. The number of halogens is 5. The lowest BCUT2D eigenvalue weighted by atomic mass is 10.1. The number of nitrogens with zero attached hydrogens (tertiary/aromatic N) is 5. The third-order valence-electron chi connectivity index (χ3n) is 5.28. The highest BCUT2D eigenvalue weighted by atomic mass is 32.2. The number of alkyl halides is 3. The largest absolute Gasteiger partial charge is 0.404 e. The van der Waals surface area contributed by atoms with Crippen LogP contribution in [0.1, 0.15) is 18.1 Å². The highest BCUT2D eigenvalue weighted by Gasteiger charge is 2.39. The van der Waals surface area contributed by atoms with Crippen molar-refractivity contribution in [2.24, 2.45) is 0 Å². The van der Waals surface area contributed by atoms with Crippen molar-refractivity contribution in [2.75, 3.05) is 0 Å². The maximum absolute atomic E-state index is 14.5. The van der Waals surface area contributed by atoms with E-state index in [0.29, 0.717) is 12.3 Å². The topological polar surface area (TPSA) is 114 Å². The molecule has 0 aliphatic carbocycles. The first-order valence-corrected chi connectivity index (χ1v) is 11.6. The number of rotatable bonds is 5. The lowest BCUT2D eigenvalue weighted by Crippen LogP contribution is -2.42. The van der Waals surface area contributed by atoms with Gasteiger partial charge in [-0.15, -0.1) is 0 Å². The Morgan fingerprint density at radius 3 is 2.31 bits per heavy atom. The zero-order chi connectivity index (χ0) is 26.4. The summed E-state index contributed by atoms with van der Waals surface area (Å²) in [4.78, 5) is 11.3. The van der Waals surface area contributed by atoms with Crippen LogP contribution in [0.5, 0.6) is 0 Å². The number of aromatic nitrogens is 4. The van der Waals surface area contributed by atoms with E-state index in [0.717, 1.165) is 30.7 Å². The van der Waals surface area contributed by atoms with Gasteiger partial charge in [-0.25, -0.2) is 27.2 Å². The van der Waals surface area contributed by atoms with Crippen LogP contribution in [0.25, 0.3) is 28.2 Å². The van der Waals surface area contributed by atoms with Gasteiger partial charge in [-0.1, -0.05) is 0 Å². The molecule has 3 heterocycles. The molecule has 0 aliphatic heterocycles. The van der Waals surface area contributed by atoms with Crippen LogP contribution < -0.4 is 4.72 Å². The summed E-state index contributed by atoms with van der Waals surface area (Å²) >= 11 is 0. The molecule has 3 aromatic heterocycles. The first-order chi connectivity index (χ1) is 16.8. The van der Waals surface area contributed by atoms with E-state index < -0.39 is 38.8 Å². The molecule has 186 valence electrons. The molecule has 1 unspecified atom stereocenters. The molecule has 14 heteroatoms. The van der Waals surface area contributed by atoms with E-state index in [9.17, 15) is 35.6 Å². The van der Waals surface area contributed by atoms with Crippen LogP contribution in [0, 0.1) is 29.9 Å². The summed E-state index contributed by atoms with van der Waals surface area (Å²) < 4.78 is 93.9. The standard InChI is InChI=1S/C22H15F5N6O2S/c1-11-5-15-16(7-28)20(33(19(15)6-17(11)24)21-30-8-13(23)9-31-21)18-4-3-14(10-29-18)36(34,35)32-12(2)22(25,26)27/h3-6,8-10,12,32H,1-2H3. The zero-order valence-electron chi connectivity index (χ0n) is 18.5. The van der Waals surface area contributed by atoms with Crippen LogP contribution in [0.3, 0.4) is 0 Å². The molecule has 0 saturated carbocycles. The molecular weight excluding hydrogens is 507 g/mol. The minimum absolute atomic E-state index is 0.0107. The van der Waals surface area contributed by atoms with Crippen molar-refractivity contribution in [1.82, 2.24) is 24.2 Å². The molecule has 0 spiro atoms. The molecule has 0 radical (unpaired) electrons. The number of sulfonamides is 1. The van der Waals surface area contributed by atoms with E-state index in [4.69, 9.17) is 0 Å². The third kappa shape index (κ3) is 4.50. The Morgan fingerprint density at radius 2 is 1.75 bits per heavy atom. The second-order valence-corrected chi connectivity index (χ2v) is 9.47. The molecule has 4 rings (SSSR count). The first-order valence-electron chi connectivity index (χ1n) is 10.1. The van der Waals surface area contributed by atoms with Crippen LogP contribution in [0.4, 0.5) is 22.0 Å². The lowest BCUT2D eigenvalue weighted by Gasteiger charge is -2.17. The molecule has 0 bridgehead atoms. The fraction of sp³-hybridized carbons (Fsp3) is 0.182. The summed E-state index contributed by atoms with van der Waals surface area (Å²) in [5.41, 5.74) is 0.478. The quantitative estimate of drug-likeness (QED) is 0.394. The molecule has 1 aromatic carbocycles. The Labute approximate surface area is 201 Å². The number of fused-ring (bicyclic) bond motifs is 1. The van der Waals surface area contributed by atoms with Gasteiger partial charge in [0, 0.05) is 11.6 Å². The van der Waals surface area contributed by atoms with E-state index in [-0.39, 0.29) is 34.0 Å². The second kappa shape index (κ2) is 8.92. The molecule has 1 N–H and O–H groups in total. The van der Waals surface area contributed by atoms with Gasteiger partial charge in [-0.3, -0.25) is 9.55 Å². The van der Waals surface area contributed by atoms with Crippen LogP contribution in [0.15, 0.2) is 47.8 Å². The fourth-order valence-corrected chi connectivity index (χ4v) is 4.62. The molecule has 4 aromatic rings. The average molecular weight is 522 g/mol. The molecule has 8 nitrogen and oxygen atoms in total. The summed E-state index contributed by atoms with van der Waals surface area (Å²) in [5.74, 6) is -1.47. The third-order valence-corrected chi connectivity index (χ3v) is 6.80. The van der Waals surface area contributed by atoms with Crippen molar-refractivity contribution in [3.63, 3.8) is 0 Å². The highest BCUT2D eigenvalue weighted by molar-refractivity contribution is 7.89. The number of benzene rings is 1. The lowest BCUT2D eigenvalue weighted by molar-refractivity contribution is -0.147. The Bertz CT molecular complexity index is 1610. The van der Waals surface area contributed by atoms with Crippen LogP contribution in [-0.4, -0.2) is 40.2 Å². The van der Waals surface area contributed by atoms with Crippen molar-refractivity contribution < 1.29 is 30.4 Å². The van der Waals surface area contributed by atoms with E-state index in [1.807, 2.05) is 6.07 Å². The zero-order valence-corrected chi connectivity index (χ0v) is 19.3. The number of hydrogen-bond donors (Lipinski definition) is 1. The molecule has 0 amide bonds. The number of pyridine rings is 1. The van der Waals surface area contributed by atoms with Crippen molar-refractivity contribution in [1.29, 1.82) is 5.26 Å². The first kappa shape index (κ1) is 25.1. The van der Waals surface area contributed by atoms with E-state index in [1.165, 1.54) is 28.3 Å². The van der Waals surface area contributed by atoms with Gasteiger partial charge in [0.25, 0.3) is 0 Å². The van der Waals surface area contributed by atoms with Crippen molar-refractivity contribution >= 4 is 20.9 Å². The Hall–Kier alpha value is -3.96. The SMILES string of the molecule is Cc1cc2c(C#N)c(-c3ccc(S(=O)(=O)NC(C)C(F)(F)F)cn3)n(-c3ncc(F)cn3)c2cc1F. The van der Waals surface area contributed by atoms with Crippen LogP contribution in [0.2, 0.25) is 0 Å². The Morgan fingerprint density at radius 1 is 1.08 bits per heavy atom. The normalized spacial score (nSPS) is 13.1. The molecular formula is C22H15F5N6O2S. The highest BCUT2D eigenvalue weighted by Crippen LogP contribution is 2.36. The summed E-state index contributed by atoms with van der Waals surface area (Å²) in [7, 11) is -4.58. The smallest absolute Gasteiger partial charge is 0.275 e. The summed E-state index contributed by atoms with van der Waals surface area (Å²) in [5, 5.41) is 10.2. The van der Waals surface area contributed by atoms with Gasteiger partial charge in [-0.2, -0.15) is 23.2 Å². The van der Waals surface area contributed by atoms with Gasteiger partial charge < -0.3 is 0 Å². The van der Waals surface area contributed by atoms with Crippen LogP contribution >= 0.6 is 0 Å². The van der Waals surface area contributed by atoms with Crippen molar-refractivity contribution in [3.8, 4) is 23.4 Å². The van der Waals surface area contributed by atoms with Gasteiger partial charge in [0.1, 0.15) is 22.8 Å². The summed E-state index contributed by atoms with van der Waals surface area (Å²) in [6.45, 7) is 2.15. The minimum atomic E-state index is -4.80. The number of aryl methyl sites for hydroxylation is 1. The predicted molar refractivity (Wildman–Crippen MR) is 117 cm³/mol. The predicted octanol–water partition coefficient (Wildman–Crippen LogP) is 4.17. The van der Waals surface area contributed by atoms with Gasteiger partial charge in [-0.05, 0) is 43.7 Å². The molecule has 0 aliphatic rings. The number of hydrogen-bond acceptors (Lipinski definition) is 6. The number of nitrogens with one attached hydrogen (secondary N) is 1. The molecule has 0 fully saturated rings. The summed E-state index contributed by atoms with van der Waals surface area (Å²) in [6.07, 6.45) is -2.25. The molecule has 36 heavy (non-hydrogen) atoms. The molecule has 0 saturated heterocycles. The Balaban J connectivity index is 1.91. The average Bonchev–Trinajstić information content (AvgIpc) is 3.12. The number of nitriles is 1. The van der Waals surface area contributed by atoms with Gasteiger partial charge in [0.15, 0.2) is 5.82 Å². The Kier molecular flexibility index (Phi) is 6.23. The molecule has 1 atom stereocenters.